The number of carbonyl (C=O) groups is 2. The Morgan fingerprint density at radius 3 is 2.60 bits per heavy atom. The molecule has 6 nitrogen and oxygen atoms in total. The van der Waals surface area contributed by atoms with Crippen LogP contribution in [-0.4, -0.2) is 42.9 Å². The summed E-state index contributed by atoms with van der Waals surface area (Å²) >= 11 is 0. The van der Waals surface area contributed by atoms with E-state index < -0.39 is 0 Å². The fourth-order valence-electron chi connectivity index (χ4n) is 2.15. The standard InChI is InChI=1S/C19H21N3O3/c1-22(2)19(24)16-12-14(13-20-18(16)25-3)8-7-11-17(23)21-15-9-5-4-6-10-15/h4-10,12-13H,11H2,1-3H3,(H,21,23). The molecule has 0 aliphatic heterocycles. The second kappa shape index (κ2) is 8.63. The van der Waals surface area contributed by atoms with Crippen LogP contribution in [0.2, 0.25) is 0 Å². The first kappa shape index (κ1) is 18.2. The van der Waals surface area contributed by atoms with Crippen molar-refractivity contribution >= 4 is 23.6 Å². The number of para-hydroxylation sites is 1. The fraction of sp³-hybridized carbons (Fsp3) is 0.211. The summed E-state index contributed by atoms with van der Waals surface area (Å²) in [6.45, 7) is 0. The fourth-order valence-corrected chi connectivity index (χ4v) is 2.15. The van der Waals surface area contributed by atoms with Gasteiger partial charge in [0.2, 0.25) is 11.8 Å². The number of hydrogen-bond donors (Lipinski definition) is 1. The van der Waals surface area contributed by atoms with Gasteiger partial charge in [0.05, 0.1) is 7.11 Å². The molecule has 0 aliphatic carbocycles. The lowest BCUT2D eigenvalue weighted by Gasteiger charge is -2.13. The molecule has 0 bridgehead atoms. The lowest BCUT2D eigenvalue weighted by Crippen LogP contribution is -2.22. The second-order valence-electron chi connectivity index (χ2n) is 5.55. The quantitative estimate of drug-likeness (QED) is 0.878. The summed E-state index contributed by atoms with van der Waals surface area (Å²) in [6, 6.07) is 11.0. The maximum atomic E-state index is 12.2. The topological polar surface area (TPSA) is 71.5 Å². The van der Waals surface area contributed by atoms with Gasteiger partial charge < -0.3 is 15.0 Å². The minimum absolute atomic E-state index is 0.117. The first-order valence-corrected chi connectivity index (χ1v) is 7.78. The molecule has 0 aliphatic rings. The van der Waals surface area contributed by atoms with Crippen molar-refractivity contribution in [2.75, 3.05) is 26.5 Å². The predicted octanol–water partition coefficient (Wildman–Crippen LogP) is 2.83. The van der Waals surface area contributed by atoms with Gasteiger partial charge in [0.1, 0.15) is 5.56 Å². The van der Waals surface area contributed by atoms with Crippen LogP contribution < -0.4 is 10.1 Å². The number of amides is 2. The van der Waals surface area contributed by atoms with Gasteiger partial charge in [-0.25, -0.2) is 4.98 Å². The largest absolute Gasteiger partial charge is 0.480 e. The number of methoxy groups -OCH3 is 1. The Morgan fingerprint density at radius 2 is 1.96 bits per heavy atom. The van der Waals surface area contributed by atoms with Crippen molar-refractivity contribution in [1.29, 1.82) is 0 Å². The van der Waals surface area contributed by atoms with Crippen molar-refractivity contribution in [1.82, 2.24) is 9.88 Å². The lowest BCUT2D eigenvalue weighted by atomic mass is 10.1. The van der Waals surface area contributed by atoms with E-state index in [-0.39, 0.29) is 24.1 Å². The number of pyridine rings is 1. The molecule has 0 atom stereocenters. The van der Waals surface area contributed by atoms with Gasteiger partial charge in [-0.1, -0.05) is 30.4 Å². The average Bonchev–Trinajstić information content (AvgIpc) is 2.61. The highest BCUT2D eigenvalue weighted by atomic mass is 16.5. The summed E-state index contributed by atoms with van der Waals surface area (Å²) in [7, 11) is 4.80. The highest BCUT2D eigenvalue weighted by molar-refractivity contribution is 5.96. The van der Waals surface area contributed by atoms with Crippen molar-refractivity contribution in [3.8, 4) is 5.88 Å². The van der Waals surface area contributed by atoms with Crippen LogP contribution in [0.1, 0.15) is 22.3 Å². The van der Waals surface area contributed by atoms with E-state index in [2.05, 4.69) is 10.3 Å². The van der Waals surface area contributed by atoms with Crippen LogP contribution in [0.15, 0.2) is 48.7 Å². The molecule has 1 heterocycles. The highest BCUT2D eigenvalue weighted by Crippen LogP contribution is 2.18. The van der Waals surface area contributed by atoms with E-state index in [9.17, 15) is 9.59 Å². The van der Waals surface area contributed by atoms with Crippen LogP contribution in [0.4, 0.5) is 5.69 Å². The smallest absolute Gasteiger partial charge is 0.258 e. The van der Waals surface area contributed by atoms with Gasteiger partial charge in [0.15, 0.2) is 0 Å². The van der Waals surface area contributed by atoms with E-state index >= 15 is 0 Å². The number of rotatable bonds is 6. The maximum Gasteiger partial charge on any atom is 0.258 e. The van der Waals surface area contributed by atoms with Gasteiger partial charge >= 0.3 is 0 Å². The van der Waals surface area contributed by atoms with Crippen LogP contribution in [-0.2, 0) is 4.79 Å². The SMILES string of the molecule is COc1ncc(C=CCC(=O)Nc2ccccc2)cc1C(=O)N(C)C. The zero-order valence-electron chi connectivity index (χ0n) is 14.5. The molecule has 0 saturated heterocycles. The van der Waals surface area contributed by atoms with Crippen molar-refractivity contribution in [3.05, 3.63) is 59.8 Å². The molecular weight excluding hydrogens is 318 g/mol. The Balaban J connectivity index is 2.04. The number of hydrogen-bond acceptors (Lipinski definition) is 4. The van der Waals surface area contributed by atoms with E-state index in [0.717, 1.165) is 11.3 Å². The normalized spacial score (nSPS) is 10.5. The summed E-state index contributed by atoms with van der Waals surface area (Å²) in [4.78, 5) is 29.7. The van der Waals surface area contributed by atoms with Gasteiger partial charge in [-0.15, -0.1) is 0 Å². The predicted molar refractivity (Wildman–Crippen MR) is 97.5 cm³/mol. The average molecular weight is 339 g/mol. The summed E-state index contributed by atoms with van der Waals surface area (Å²) in [6.07, 6.45) is 5.30. The van der Waals surface area contributed by atoms with E-state index in [1.54, 1.807) is 38.5 Å². The third-order valence-corrected chi connectivity index (χ3v) is 3.37. The zero-order chi connectivity index (χ0) is 18.2. The van der Waals surface area contributed by atoms with Gasteiger partial charge in [0, 0.05) is 32.4 Å². The van der Waals surface area contributed by atoms with E-state index in [0.29, 0.717) is 5.56 Å². The van der Waals surface area contributed by atoms with Crippen molar-refractivity contribution in [3.63, 3.8) is 0 Å². The lowest BCUT2D eigenvalue weighted by molar-refractivity contribution is -0.115. The minimum Gasteiger partial charge on any atom is -0.480 e. The number of nitrogens with zero attached hydrogens (tertiary/aromatic N) is 2. The van der Waals surface area contributed by atoms with Crippen molar-refractivity contribution in [2.24, 2.45) is 0 Å². The highest BCUT2D eigenvalue weighted by Gasteiger charge is 2.15. The zero-order valence-corrected chi connectivity index (χ0v) is 14.5. The molecule has 6 heteroatoms. The summed E-state index contributed by atoms with van der Waals surface area (Å²) in [5.74, 6) is -0.0346. The van der Waals surface area contributed by atoms with Crippen LogP contribution in [0, 0.1) is 0 Å². The Kier molecular flexibility index (Phi) is 6.28. The molecule has 1 N–H and O–H groups in total. The van der Waals surface area contributed by atoms with Crippen LogP contribution in [0.25, 0.3) is 6.08 Å². The van der Waals surface area contributed by atoms with Crippen LogP contribution in [0.3, 0.4) is 0 Å². The van der Waals surface area contributed by atoms with E-state index in [1.165, 1.54) is 12.0 Å². The van der Waals surface area contributed by atoms with Gasteiger partial charge in [-0.3, -0.25) is 9.59 Å². The van der Waals surface area contributed by atoms with Gasteiger partial charge in [-0.2, -0.15) is 0 Å². The Morgan fingerprint density at radius 1 is 1.24 bits per heavy atom. The number of nitrogens with one attached hydrogen (secondary N) is 1. The molecular formula is C19H21N3O3. The molecule has 130 valence electrons. The molecule has 2 aromatic rings. The minimum atomic E-state index is -0.193. The van der Waals surface area contributed by atoms with Crippen LogP contribution in [0.5, 0.6) is 5.88 Å². The molecule has 25 heavy (non-hydrogen) atoms. The Bertz CT molecular complexity index is 771. The van der Waals surface area contributed by atoms with Gasteiger partial charge in [0.25, 0.3) is 5.91 Å². The maximum absolute atomic E-state index is 12.2. The van der Waals surface area contributed by atoms with Gasteiger partial charge in [-0.05, 0) is 23.8 Å². The molecule has 2 amide bonds. The number of benzene rings is 1. The monoisotopic (exact) mass is 339 g/mol. The third kappa shape index (κ3) is 5.17. The second-order valence-corrected chi connectivity index (χ2v) is 5.55. The molecule has 1 aromatic carbocycles. The summed E-state index contributed by atoms with van der Waals surface area (Å²) < 4.78 is 5.13. The molecule has 1 aromatic heterocycles. The molecule has 0 saturated carbocycles. The first-order chi connectivity index (χ1) is 12.0. The number of anilines is 1. The number of ether oxygens (including phenoxy) is 1. The van der Waals surface area contributed by atoms with E-state index in [4.69, 9.17) is 4.74 Å². The molecule has 0 unspecified atom stereocenters. The third-order valence-electron chi connectivity index (χ3n) is 3.37. The molecule has 0 radical (unpaired) electrons. The van der Waals surface area contributed by atoms with Crippen molar-refractivity contribution in [2.45, 2.75) is 6.42 Å². The summed E-state index contributed by atoms with van der Waals surface area (Å²) in [5, 5.41) is 2.80. The molecule has 2 rings (SSSR count). The van der Waals surface area contributed by atoms with Crippen molar-refractivity contribution < 1.29 is 14.3 Å². The number of aromatic nitrogens is 1. The molecule has 0 spiro atoms. The van der Waals surface area contributed by atoms with Crippen LogP contribution >= 0.6 is 0 Å². The first-order valence-electron chi connectivity index (χ1n) is 7.78. The summed E-state index contributed by atoms with van der Waals surface area (Å²) in [5.41, 5.74) is 1.85. The number of carbonyl (C=O) groups excluding carboxylic acids is 2. The molecule has 0 fully saturated rings. The Labute approximate surface area is 147 Å². The van der Waals surface area contributed by atoms with E-state index in [1.807, 2.05) is 30.3 Å². The Hall–Kier alpha value is -3.15.